The van der Waals surface area contributed by atoms with Crippen LogP contribution in [0, 0.1) is 12.8 Å². The van der Waals surface area contributed by atoms with E-state index in [4.69, 9.17) is 17.3 Å². The van der Waals surface area contributed by atoms with Gasteiger partial charge in [0.15, 0.2) is 0 Å². The monoisotopic (exact) mass is 224 g/mol. The molecule has 2 rings (SSSR count). The van der Waals surface area contributed by atoms with Crippen LogP contribution in [0.3, 0.4) is 0 Å². The molecule has 1 fully saturated rings. The summed E-state index contributed by atoms with van der Waals surface area (Å²) in [4.78, 5) is 2.39. The molecule has 0 radical (unpaired) electrons. The van der Waals surface area contributed by atoms with Gasteiger partial charge in [-0.25, -0.2) is 0 Å². The molecule has 0 bridgehead atoms. The molecule has 1 heterocycles. The first-order valence-corrected chi connectivity index (χ1v) is 5.80. The molecule has 0 aliphatic carbocycles. The standard InChI is InChI=1S/C12H17ClN2/c1-9-11(13)3-2-4-12(9)15-6-5-10(7-14)8-15/h2-4,10H,5-8,14H2,1H3. The Morgan fingerprint density at radius 3 is 3.00 bits per heavy atom. The Labute approximate surface area is 96.0 Å². The molecule has 3 heteroatoms. The van der Waals surface area contributed by atoms with Crippen LogP contribution < -0.4 is 10.6 Å². The van der Waals surface area contributed by atoms with Crippen LogP contribution in [0.1, 0.15) is 12.0 Å². The Morgan fingerprint density at radius 1 is 1.53 bits per heavy atom. The lowest BCUT2D eigenvalue weighted by Gasteiger charge is -2.21. The first-order valence-electron chi connectivity index (χ1n) is 5.42. The van der Waals surface area contributed by atoms with Crippen molar-refractivity contribution in [1.82, 2.24) is 0 Å². The molecule has 0 spiro atoms. The van der Waals surface area contributed by atoms with Gasteiger partial charge in [0.25, 0.3) is 0 Å². The number of rotatable bonds is 2. The Kier molecular flexibility index (Phi) is 3.17. The van der Waals surface area contributed by atoms with Crippen LogP contribution in [0.2, 0.25) is 5.02 Å². The molecule has 1 aromatic rings. The SMILES string of the molecule is Cc1c(Cl)cccc1N1CCC(CN)C1. The molecule has 0 saturated carbocycles. The second-order valence-electron chi connectivity index (χ2n) is 4.22. The predicted molar refractivity (Wildman–Crippen MR) is 65.6 cm³/mol. The van der Waals surface area contributed by atoms with Crippen LogP contribution in [-0.4, -0.2) is 19.6 Å². The second kappa shape index (κ2) is 4.42. The minimum absolute atomic E-state index is 0.642. The van der Waals surface area contributed by atoms with Crippen LogP contribution >= 0.6 is 11.6 Å². The topological polar surface area (TPSA) is 29.3 Å². The Hall–Kier alpha value is -0.730. The van der Waals surface area contributed by atoms with Crippen molar-refractivity contribution >= 4 is 17.3 Å². The molecule has 2 N–H and O–H groups in total. The molecular weight excluding hydrogens is 208 g/mol. The summed E-state index contributed by atoms with van der Waals surface area (Å²) >= 11 is 6.11. The molecule has 1 atom stereocenters. The minimum atomic E-state index is 0.642. The summed E-state index contributed by atoms with van der Waals surface area (Å²) in [5, 5.41) is 0.851. The van der Waals surface area contributed by atoms with Gasteiger partial charge in [0, 0.05) is 23.8 Å². The highest BCUT2D eigenvalue weighted by Crippen LogP contribution is 2.30. The zero-order chi connectivity index (χ0) is 10.8. The number of halogens is 1. The quantitative estimate of drug-likeness (QED) is 0.836. The number of anilines is 1. The van der Waals surface area contributed by atoms with Gasteiger partial charge in [-0.2, -0.15) is 0 Å². The highest BCUT2D eigenvalue weighted by molar-refractivity contribution is 6.31. The Morgan fingerprint density at radius 2 is 2.33 bits per heavy atom. The lowest BCUT2D eigenvalue weighted by molar-refractivity contribution is 0.602. The summed E-state index contributed by atoms with van der Waals surface area (Å²) in [6.07, 6.45) is 1.20. The number of nitrogens with two attached hydrogens (primary N) is 1. The number of hydrogen-bond acceptors (Lipinski definition) is 2. The fourth-order valence-electron chi connectivity index (χ4n) is 2.18. The highest BCUT2D eigenvalue weighted by Gasteiger charge is 2.22. The predicted octanol–water partition coefficient (Wildman–Crippen LogP) is 2.43. The van der Waals surface area contributed by atoms with Crippen molar-refractivity contribution in [1.29, 1.82) is 0 Å². The van der Waals surface area contributed by atoms with Gasteiger partial charge in [-0.05, 0) is 43.5 Å². The Balaban J connectivity index is 2.20. The zero-order valence-electron chi connectivity index (χ0n) is 9.04. The maximum Gasteiger partial charge on any atom is 0.0455 e. The largest absolute Gasteiger partial charge is 0.371 e. The third-order valence-corrected chi connectivity index (χ3v) is 3.61. The van der Waals surface area contributed by atoms with Gasteiger partial charge < -0.3 is 10.6 Å². The van der Waals surface area contributed by atoms with E-state index in [1.807, 2.05) is 12.1 Å². The first-order chi connectivity index (χ1) is 7.22. The lowest BCUT2D eigenvalue weighted by Crippen LogP contribution is -2.23. The summed E-state index contributed by atoms with van der Waals surface area (Å²) in [6.45, 7) is 5.03. The van der Waals surface area contributed by atoms with Crippen molar-refractivity contribution in [2.75, 3.05) is 24.5 Å². The van der Waals surface area contributed by atoms with E-state index in [0.717, 1.165) is 24.7 Å². The van der Waals surface area contributed by atoms with Crippen molar-refractivity contribution in [3.05, 3.63) is 28.8 Å². The number of hydrogen-bond donors (Lipinski definition) is 1. The van der Waals surface area contributed by atoms with Gasteiger partial charge in [-0.15, -0.1) is 0 Å². The fraction of sp³-hybridized carbons (Fsp3) is 0.500. The molecule has 1 unspecified atom stereocenters. The number of benzene rings is 1. The third-order valence-electron chi connectivity index (χ3n) is 3.20. The van der Waals surface area contributed by atoms with Crippen LogP contribution in [0.15, 0.2) is 18.2 Å². The second-order valence-corrected chi connectivity index (χ2v) is 4.63. The average Bonchev–Trinajstić information content (AvgIpc) is 2.70. The van der Waals surface area contributed by atoms with E-state index in [1.54, 1.807) is 0 Å². The van der Waals surface area contributed by atoms with Crippen molar-refractivity contribution in [3.63, 3.8) is 0 Å². The molecule has 1 aromatic carbocycles. The Bertz CT molecular complexity index is 351. The van der Waals surface area contributed by atoms with Crippen molar-refractivity contribution in [3.8, 4) is 0 Å². The van der Waals surface area contributed by atoms with E-state index in [1.165, 1.54) is 17.7 Å². The third kappa shape index (κ3) is 2.11. The van der Waals surface area contributed by atoms with E-state index < -0.39 is 0 Å². The first kappa shape index (κ1) is 10.8. The smallest absolute Gasteiger partial charge is 0.0455 e. The van der Waals surface area contributed by atoms with Crippen LogP contribution in [0.25, 0.3) is 0 Å². The molecule has 1 aliphatic rings. The molecule has 0 amide bonds. The summed E-state index contributed by atoms with van der Waals surface area (Å²) < 4.78 is 0. The summed E-state index contributed by atoms with van der Waals surface area (Å²) in [5.74, 6) is 0.642. The van der Waals surface area contributed by atoms with E-state index in [2.05, 4.69) is 17.9 Å². The van der Waals surface area contributed by atoms with Gasteiger partial charge in [-0.3, -0.25) is 0 Å². The van der Waals surface area contributed by atoms with Crippen molar-refractivity contribution in [2.24, 2.45) is 11.7 Å². The minimum Gasteiger partial charge on any atom is -0.371 e. The van der Waals surface area contributed by atoms with Crippen LogP contribution in [-0.2, 0) is 0 Å². The summed E-state index contributed by atoms with van der Waals surface area (Å²) in [7, 11) is 0. The van der Waals surface area contributed by atoms with Gasteiger partial charge >= 0.3 is 0 Å². The molecule has 1 saturated heterocycles. The molecule has 0 aromatic heterocycles. The normalized spacial score (nSPS) is 21.0. The van der Waals surface area contributed by atoms with Crippen molar-refractivity contribution in [2.45, 2.75) is 13.3 Å². The van der Waals surface area contributed by atoms with Gasteiger partial charge in [0.2, 0.25) is 0 Å². The number of nitrogens with zero attached hydrogens (tertiary/aromatic N) is 1. The fourth-order valence-corrected chi connectivity index (χ4v) is 2.35. The van der Waals surface area contributed by atoms with E-state index >= 15 is 0 Å². The maximum atomic E-state index is 6.11. The molecule has 15 heavy (non-hydrogen) atoms. The van der Waals surface area contributed by atoms with Crippen LogP contribution in [0.5, 0.6) is 0 Å². The average molecular weight is 225 g/mol. The van der Waals surface area contributed by atoms with E-state index in [-0.39, 0.29) is 0 Å². The molecule has 2 nitrogen and oxygen atoms in total. The summed E-state index contributed by atoms with van der Waals surface area (Å²) in [6, 6.07) is 6.09. The van der Waals surface area contributed by atoms with Crippen LogP contribution in [0.4, 0.5) is 5.69 Å². The highest BCUT2D eigenvalue weighted by atomic mass is 35.5. The summed E-state index contributed by atoms with van der Waals surface area (Å²) in [5.41, 5.74) is 8.13. The lowest BCUT2D eigenvalue weighted by atomic mass is 10.1. The molecular formula is C12H17ClN2. The molecule has 1 aliphatic heterocycles. The van der Waals surface area contributed by atoms with Gasteiger partial charge in [0.05, 0.1) is 0 Å². The van der Waals surface area contributed by atoms with E-state index in [0.29, 0.717) is 5.92 Å². The van der Waals surface area contributed by atoms with Gasteiger partial charge in [-0.1, -0.05) is 17.7 Å². The van der Waals surface area contributed by atoms with E-state index in [9.17, 15) is 0 Å². The van der Waals surface area contributed by atoms with Crippen molar-refractivity contribution < 1.29 is 0 Å². The maximum absolute atomic E-state index is 6.11. The molecule has 82 valence electrons. The van der Waals surface area contributed by atoms with Gasteiger partial charge in [0.1, 0.15) is 0 Å². The zero-order valence-corrected chi connectivity index (χ0v) is 9.80.